The molecule has 3 aromatic rings. The van der Waals surface area contributed by atoms with Gasteiger partial charge in [0.25, 0.3) is 5.91 Å². The fourth-order valence-corrected chi connectivity index (χ4v) is 3.20. The molecule has 0 aliphatic carbocycles. The molecule has 3 heterocycles. The monoisotopic (exact) mass is 329 g/mol. The van der Waals surface area contributed by atoms with Crippen molar-refractivity contribution in [3.63, 3.8) is 0 Å². The predicted octanol–water partition coefficient (Wildman–Crippen LogP) is 3.42. The summed E-state index contributed by atoms with van der Waals surface area (Å²) in [7, 11) is 1.85. The standard InChI is InChI=1S/C16H19N5OS/c1-8(2)12-6-11(13-10(4)20-21(5)14(13)18-12)15(22)19-16-17-9(3)7-23-16/h6-8H,1-5H3,(H,17,19,22). The molecule has 120 valence electrons. The molecule has 0 atom stereocenters. The topological polar surface area (TPSA) is 72.7 Å². The smallest absolute Gasteiger partial charge is 0.258 e. The molecule has 1 N–H and O–H groups in total. The average Bonchev–Trinajstić information content (AvgIpc) is 3.02. The number of amides is 1. The van der Waals surface area contributed by atoms with E-state index in [9.17, 15) is 4.79 Å². The maximum absolute atomic E-state index is 12.8. The van der Waals surface area contributed by atoms with Crippen LogP contribution in [0.4, 0.5) is 5.13 Å². The van der Waals surface area contributed by atoms with Gasteiger partial charge in [0.15, 0.2) is 10.8 Å². The molecule has 7 heteroatoms. The second-order valence-electron chi connectivity index (χ2n) is 5.91. The van der Waals surface area contributed by atoms with E-state index in [-0.39, 0.29) is 11.8 Å². The summed E-state index contributed by atoms with van der Waals surface area (Å²) in [6.45, 7) is 7.91. The SMILES string of the molecule is Cc1csc(NC(=O)c2cc(C(C)C)nc3c2c(C)nn3C)n1. The summed E-state index contributed by atoms with van der Waals surface area (Å²) in [5.74, 6) is 0.0491. The van der Waals surface area contributed by atoms with E-state index in [2.05, 4.69) is 34.2 Å². The van der Waals surface area contributed by atoms with Gasteiger partial charge >= 0.3 is 0 Å². The van der Waals surface area contributed by atoms with Gasteiger partial charge in [0.05, 0.1) is 22.3 Å². The van der Waals surface area contributed by atoms with E-state index < -0.39 is 0 Å². The minimum absolute atomic E-state index is 0.176. The molecule has 23 heavy (non-hydrogen) atoms. The van der Waals surface area contributed by atoms with Crippen molar-refractivity contribution in [1.29, 1.82) is 0 Å². The number of carbonyl (C=O) groups is 1. The number of anilines is 1. The Morgan fingerprint density at radius 1 is 1.30 bits per heavy atom. The van der Waals surface area contributed by atoms with Gasteiger partial charge in [-0.25, -0.2) is 9.97 Å². The predicted molar refractivity (Wildman–Crippen MR) is 92.1 cm³/mol. The molecule has 0 fully saturated rings. The largest absolute Gasteiger partial charge is 0.298 e. The molecule has 0 unspecified atom stereocenters. The zero-order valence-corrected chi connectivity index (χ0v) is 14.7. The van der Waals surface area contributed by atoms with Crippen LogP contribution in [-0.2, 0) is 7.05 Å². The minimum Gasteiger partial charge on any atom is -0.298 e. The lowest BCUT2D eigenvalue weighted by atomic mass is 10.0. The number of carbonyl (C=O) groups excluding carboxylic acids is 1. The number of thiazole rings is 1. The molecule has 3 aromatic heterocycles. The number of rotatable bonds is 3. The Hall–Kier alpha value is -2.28. The van der Waals surface area contributed by atoms with Gasteiger partial charge in [-0.2, -0.15) is 5.10 Å². The van der Waals surface area contributed by atoms with Crippen molar-refractivity contribution in [2.75, 3.05) is 5.32 Å². The number of nitrogens with zero attached hydrogens (tertiary/aromatic N) is 4. The summed E-state index contributed by atoms with van der Waals surface area (Å²) in [4.78, 5) is 21.7. The first-order valence-electron chi connectivity index (χ1n) is 7.44. The molecule has 0 aliphatic heterocycles. The van der Waals surface area contributed by atoms with E-state index in [1.165, 1.54) is 11.3 Å². The molecule has 6 nitrogen and oxygen atoms in total. The van der Waals surface area contributed by atoms with Gasteiger partial charge in [0, 0.05) is 18.1 Å². The van der Waals surface area contributed by atoms with E-state index in [0.29, 0.717) is 10.7 Å². The highest BCUT2D eigenvalue weighted by atomic mass is 32.1. The van der Waals surface area contributed by atoms with Crippen LogP contribution < -0.4 is 5.32 Å². The first-order chi connectivity index (χ1) is 10.9. The lowest BCUT2D eigenvalue weighted by Crippen LogP contribution is -2.14. The number of hydrogen-bond donors (Lipinski definition) is 1. The van der Waals surface area contributed by atoms with Crippen LogP contribution in [0.1, 0.15) is 47.2 Å². The van der Waals surface area contributed by atoms with Crippen molar-refractivity contribution in [2.24, 2.45) is 7.05 Å². The lowest BCUT2D eigenvalue weighted by Gasteiger charge is -2.09. The second-order valence-corrected chi connectivity index (χ2v) is 6.76. The molecule has 1 amide bonds. The minimum atomic E-state index is -0.176. The normalized spacial score (nSPS) is 11.4. The molecule has 3 rings (SSSR count). The molecular formula is C16H19N5OS. The van der Waals surface area contributed by atoms with Gasteiger partial charge in [-0.3, -0.25) is 14.8 Å². The van der Waals surface area contributed by atoms with Crippen molar-refractivity contribution in [2.45, 2.75) is 33.6 Å². The second kappa shape index (κ2) is 5.73. The number of hydrogen-bond acceptors (Lipinski definition) is 5. The highest BCUT2D eigenvalue weighted by Gasteiger charge is 2.20. The number of pyridine rings is 1. The Bertz CT molecular complexity index is 893. The molecule has 0 saturated carbocycles. The van der Waals surface area contributed by atoms with E-state index in [0.717, 1.165) is 28.1 Å². The van der Waals surface area contributed by atoms with Gasteiger partial charge in [0.1, 0.15) is 0 Å². The summed E-state index contributed by atoms with van der Waals surface area (Å²) < 4.78 is 1.72. The van der Waals surface area contributed by atoms with Crippen molar-refractivity contribution < 1.29 is 4.79 Å². The van der Waals surface area contributed by atoms with E-state index in [1.54, 1.807) is 4.68 Å². The number of fused-ring (bicyclic) bond motifs is 1. The van der Waals surface area contributed by atoms with Crippen LogP contribution >= 0.6 is 11.3 Å². The van der Waals surface area contributed by atoms with Gasteiger partial charge in [-0.1, -0.05) is 13.8 Å². The molecule has 0 aliphatic rings. The summed E-state index contributed by atoms with van der Waals surface area (Å²) in [6, 6.07) is 1.86. The first-order valence-corrected chi connectivity index (χ1v) is 8.32. The Labute approximate surface area is 138 Å². The fraction of sp³-hybridized carbons (Fsp3) is 0.375. The number of aryl methyl sites for hydroxylation is 3. The highest BCUT2D eigenvalue weighted by molar-refractivity contribution is 7.13. The molecule has 0 bridgehead atoms. The lowest BCUT2D eigenvalue weighted by molar-refractivity contribution is 0.102. The first kappa shape index (κ1) is 15.6. The Balaban J connectivity index is 2.12. The van der Waals surface area contributed by atoms with Crippen molar-refractivity contribution >= 4 is 33.4 Å². The van der Waals surface area contributed by atoms with Crippen LogP contribution in [0.15, 0.2) is 11.4 Å². The zero-order valence-electron chi connectivity index (χ0n) is 13.8. The fourth-order valence-electron chi connectivity index (χ4n) is 2.51. The maximum Gasteiger partial charge on any atom is 0.258 e. The van der Waals surface area contributed by atoms with Gasteiger partial charge in [0.2, 0.25) is 0 Å². The number of nitrogens with one attached hydrogen (secondary N) is 1. The zero-order chi connectivity index (χ0) is 16.7. The van der Waals surface area contributed by atoms with Crippen LogP contribution in [0.3, 0.4) is 0 Å². The van der Waals surface area contributed by atoms with Crippen LogP contribution in [0.25, 0.3) is 11.0 Å². The van der Waals surface area contributed by atoms with Crippen molar-refractivity contribution in [3.05, 3.63) is 34.1 Å². The highest BCUT2D eigenvalue weighted by Crippen LogP contribution is 2.26. The summed E-state index contributed by atoms with van der Waals surface area (Å²) in [6.07, 6.45) is 0. The summed E-state index contributed by atoms with van der Waals surface area (Å²) in [5.41, 5.74) is 3.89. The van der Waals surface area contributed by atoms with Gasteiger partial charge in [-0.05, 0) is 25.8 Å². The van der Waals surface area contributed by atoms with E-state index >= 15 is 0 Å². The Morgan fingerprint density at radius 2 is 2.04 bits per heavy atom. The molecule has 0 spiro atoms. The Kier molecular flexibility index (Phi) is 3.89. The Morgan fingerprint density at radius 3 is 2.65 bits per heavy atom. The van der Waals surface area contributed by atoms with E-state index in [1.807, 2.05) is 32.3 Å². The summed E-state index contributed by atoms with van der Waals surface area (Å²) in [5, 5.41) is 10.6. The average molecular weight is 329 g/mol. The van der Waals surface area contributed by atoms with Gasteiger partial charge < -0.3 is 0 Å². The van der Waals surface area contributed by atoms with Gasteiger partial charge in [-0.15, -0.1) is 11.3 Å². The van der Waals surface area contributed by atoms with E-state index in [4.69, 9.17) is 0 Å². The van der Waals surface area contributed by atoms with Crippen LogP contribution in [0.5, 0.6) is 0 Å². The maximum atomic E-state index is 12.8. The molecule has 0 aromatic carbocycles. The summed E-state index contributed by atoms with van der Waals surface area (Å²) >= 11 is 1.42. The van der Waals surface area contributed by atoms with Crippen molar-refractivity contribution in [3.8, 4) is 0 Å². The van der Waals surface area contributed by atoms with Crippen LogP contribution in [-0.4, -0.2) is 25.7 Å². The van der Waals surface area contributed by atoms with Crippen LogP contribution in [0.2, 0.25) is 0 Å². The third-order valence-electron chi connectivity index (χ3n) is 3.66. The van der Waals surface area contributed by atoms with Crippen molar-refractivity contribution in [1.82, 2.24) is 19.7 Å². The molecular weight excluding hydrogens is 310 g/mol. The molecule has 0 saturated heterocycles. The third-order valence-corrected chi connectivity index (χ3v) is 4.54. The molecule has 0 radical (unpaired) electrons. The number of aromatic nitrogens is 4. The third kappa shape index (κ3) is 2.84. The van der Waals surface area contributed by atoms with Crippen LogP contribution in [0, 0.1) is 13.8 Å². The quantitative estimate of drug-likeness (QED) is 0.799.